The van der Waals surface area contributed by atoms with Crippen molar-refractivity contribution >= 4 is 12.2 Å². The van der Waals surface area contributed by atoms with E-state index in [4.69, 9.17) is 16.6 Å². The quantitative estimate of drug-likeness (QED) is 0.841. The van der Waals surface area contributed by atoms with E-state index < -0.39 is 0 Å². The van der Waals surface area contributed by atoms with Crippen LogP contribution in [0, 0.1) is 11.8 Å². The summed E-state index contributed by atoms with van der Waals surface area (Å²) in [6.45, 7) is 4.37. The lowest BCUT2D eigenvalue weighted by molar-refractivity contribution is 0.538. The number of aromatic nitrogens is 4. The molecule has 17 heavy (non-hydrogen) atoms. The lowest BCUT2D eigenvalue weighted by Crippen LogP contribution is -2.25. The summed E-state index contributed by atoms with van der Waals surface area (Å²) in [6, 6.07) is 1.64. The topological polar surface area (TPSA) is 76.7 Å². The molecule has 0 bridgehead atoms. The summed E-state index contributed by atoms with van der Waals surface area (Å²) in [5.74, 6) is 0.204. The van der Waals surface area contributed by atoms with Crippen molar-refractivity contribution in [3.05, 3.63) is 27.0 Å². The van der Waals surface area contributed by atoms with Crippen molar-refractivity contribution in [2.24, 2.45) is 0 Å². The molecule has 2 aromatic heterocycles. The first-order chi connectivity index (χ1) is 8.11. The summed E-state index contributed by atoms with van der Waals surface area (Å²) < 4.78 is 6.56. The Bertz CT molecular complexity index is 640. The van der Waals surface area contributed by atoms with Gasteiger partial charge in [-0.05, 0) is 31.6 Å². The largest absolute Gasteiger partial charge is 0.409 e. The second-order valence-corrected chi connectivity index (χ2v) is 4.02. The number of rotatable bonds is 3. The summed E-state index contributed by atoms with van der Waals surface area (Å²) in [5.41, 5.74) is 0.887. The lowest BCUT2D eigenvalue weighted by Gasteiger charge is -2.05. The van der Waals surface area contributed by atoms with Crippen LogP contribution in [0.2, 0.25) is 0 Å². The number of aryl methyl sites for hydroxylation is 2. The fourth-order valence-corrected chi connectivity index (χ4v) is 1.66. The number of H-pyrrole nitrogens is 1. The minimum absolute atomic E-state index is 0.149. The first kappa shape index (κ1) is 11.7. The molecule has 2 heterocycles. The van der Waals surface area contributed by atoms with Crippen molar-refractivity contribution in [1.29, 1.82) is 0 Å². The normalized spacial score (nSPS) is 10.7. The molecule has 0 spiro atoms. The molecule has 0 aliphatic heterocycles. The SMILES string of the molecule is CCCn1nc(C)cc(-c2n[nH]c(=S)o2)c1=O. The Hall–Kier alpha value is -1.76. The maximum Gasteiger partial charge on any atom is 0.284 e. The maximum absolute atomic E-state index is 12.1. The molecule has 0 atom stereocenters. The van der Waals surface area contributed by atoms with E-state index in [1.807, 2.05) is 13.8 Å². The van der Waals surface area contributed by atoms with E-state index in [0.717, 1.165) is 12.1 Å². The molecule has 0 aromatic carbocycles. The molecule has 0 saturated carbocycles. The van der Waals surface area contributed by atoms with Gasteiger partial charge in [-0.2, -0.15) is 5.10 Å². The Morgan fingerprint density at radius 1 is 1.59 bits per heavy atom. The zero-order chi connectivity index (χ0) is 12.4. The minimum atomic E-state index is -0.220. The highest BCUT2D eigenvalue weighted by atomic mass is 32.1. The number of nitrogens with one attached hydrogen (secondary N) is 1. The van der Waals surface area contributed by atoms with Crippen LogP contribution in [0.15, 0.2) is 15.3 Å². The number of aromatic amines is 1. The lowest BCUT2D eigenvalue weighted by atomic mass is 10.2. The van der Waals surface area contributed by atoms with Crippen molar-refractivity contribution in [2.75, 3.05) is 0 Å². The molecule has 0 fully saturated rings. The molecule has 0 radical (unpaired) electrons. The molecular weight excluding hydrogens is 240 g/mol. The molecule has 1 N–H and O–H groups in total. The fraction of sp³-hybridized carbons (Fsp3) is 0.400. The first-order valence-corrected chi connectivity index (χ1v) is 5.67. The van der Waals surface area contributed by atoms with E-state index >= 15 is 0 Å². The summed E-state index contributed by atoms with van der Waals surface area (Å²) in [6.07, 6.45) is 0.833. The molecular formula is C10H12N4O2S. The van der Waals surface area contributed by atoms with Crippen LogP contribution in [-0.2, 0) is 6.54 Å². The van der Waals surface area contributed by atoms with E-state index in [-0.39, 0.29) is 16.3 Å². The van der Waals surface area contributed by atoms with Crippen molar-refractivity contribution in [3.63, 3.8) is 0 Å². The van der Waals surface area contributed by atoms with Crippen molar-refractivity contribution in [2.45, 2.75) is 26.8 Å². The Morgan fingerprint density at radius 2 is 2.35 bits per heavy atom. The highest BCUT2D eigenvalue weighted by Gasteiger charge is 2.12. The molecule has 0 aliphatic rings. The van der Waals surface area contributed by atoms with Crippen LogP contribution in [0.1, 0.15) is 19.0 Å². The minimum Gasteiger partial charge on any atom is -0.409 e. The molecule has 2 aromatic rings. The van der Waals surface area contributed by atoms with Crippen LogP contribution in [0.4, 0.5) is 0 Å². The monoisotopic (exact) mass is 252 g/mol. The van der Waals surface area contributed by atoms with E-state index in [1.165, 1.54) is 4.68 Å². The summed E-state index contributed by atoms with van der Waals surface area (Å²) in [5, 5.41) is 10.5. The molecule has 7 heteroatoms. The highest BCUT2D eigenvalue weighted by molar-refractivity contribution is 7.71. The van der Waals surface area contributed by atoms with E-state index in [1.54, 1.807) is 6.07 Å². The smallest absolute Gasteiger partial charge is 0.284 e. The molecule has 0 amide bonds. The predicted molar refractivity (Wildman–Crippen MR) is 64.2 cm³/mol. The third-order valence-corrected chi connectivity index (χ3v) is 2.38. The van der Waals surface area contributed by atoms with Gasteiger partial charge in [0.25, 0.3) is 16.3 Å². The Kier molecular flexibility index (Phi) is 3.19. The number of hydrogen-bond acceptors (Lipinski definition) is 5. The van der Waals surface area contributed by atoms with E-state index in [9.17, 15) is 4.79 Å². The van der Waals surface area contributed by atoms with Crippen molar-refractivity contribution in [3.8, 4) is 11.5 Å². The molecule has 6 nitrogen and oxygen atoms in total. The van der Waals surface area contributed by atoms with Gasteiger partial charge in [0, 0.05) is 6.54 Å². The molecule has 2 rings (SSSR count). The van der Waals surface area contributed by atoms with Crippen LogP contribution >= 0.6 is 12.2 Å². The second kappa shape index (κ2) is 4.62. The molecule has 0 aliphatic carbocycles. The van der Waals surface area contributed by atoms with Crippen molar-refractivity contribution < 1.29 is 4.42 Å². The maximum atomic E-state index is 12.1. The van der Waals surface area contributed by atoms with Gasteiger partial charge in [-0.3, -0.25) is 4.79 Å². The van der Waals surface area contributed by atoms with Crippen LogP contribution in [0.25, 0.3) is 11.5 Å². The zero-order valence-corrected chi connectivity index (χ0v) is 10.4. The Morgan fingerprint density at radius 3 is 2.94 bits per heavy atom. The van der Waals surface area contributed by atoms with Gasteiger partial charge in [0.05, 0.1) is 5.69 Å². The van der Waals surface area contributed by atoms with Crippen LogP contribution in [0.3, 0.4) is 0 Å². The van der Waals surface area contributed by atoms with Gasteiger partial charge in [-0.1, -0.05) is 6.92 Å². The standard InChI is InChI=1S/C10H12N4O2S/c1-3-4-14-9(15)7(5-6(2)13-14)8-11-12-10(17)16-8/h5H,3-4H2,1-2H3,(H,12,17). The Labute approximate surface area is 102 Å². The molecule has 0 saturated heterocycles. The van der Waals surface area contributed by atoms with Gasteiger partial charge in [-0.15, -0.1) is 5.10 Å². The molecule has 0 unspecified atom stereocenters. The average Bonchev–Trinajstić information content (AvgIpc) is 2.70. The number of nitrogens with zero attached hydrogens (tertiary/aromatic N) is 3. The van der Waals surface area contributed by atoms with Gasteiger partial charge < -0.3 is 4.42 Å². The third-order valence-electron chi connectivity index (χ3n) is 2.20. The van der Waals surface area contributed by atoms with E-state index in [2.05, 4.69) is 15.3 Å². The van der Waals surface area contributed by atoms with Crippen LogP contribution in [0.5, 0.6) is 0 Å². The Balaban J connectivity index is 2.61. The van der Waals surface area contributed by atoms with Crippen LogP contribution in [-0.4, -0.2) is 20.0 Å². The number of hydrogen-bond donors (Lipinski definition) is 1. The van der Waals surface area contributed by atoms with Gasteiger partial charge in [-0.25, -0.2) is 9.78 Å². The zero-order valence-electron chi connectivity index (χ0n) is 9.56. The highest BCUT2D eigenvalue weighted by Crippen LogP contribution is 2.12. The first-order valence-electron chi connectivity index (χ1n) is 5.26. The van der Waals surface area contributed by atoms with Crippen LogP contribution < -0.4 is 5.56 Å². The summed E-state index contributed by atoms with van der Waals surface area (Å²) in [7, 11) is 0. The van der Waals surface area contributed by atoms with Gasteiger partial charge in [0.1, 0.15) is 5.56 Å². The van der Waals surface area contributed by atoms with Crippen molar-refractivity contribution in [1.82, 2.24) is 20.0 Å². The van der Waals surface area contributed by atoms with E-state index in [0.29, 0.717) is 12.1 Å². The molecule has 90 valence electrons. The second-order valence-electron chi connectivity index (χ2n) is 3.65. The van der Waals surface area contributed by atoms with Gasteiger partial charge in [0.15, 0.2) is 0 Å². The average molecular weight is 252 g/mol. The third kappa shape index (κ3) is 2.33. The fourth-order valence-electron chi connectivity index (χ4n) is 1.54. The van der Waals surface area contributed by atoms with Gasteiger partial charge in [0.2, 0.25) is 0 Å². The summed E-state index contributed by atoms with van der Waals surface area (Å²) >= 11 is 4.78. The summed E-state index contributed by atoms with van der Waals surface area (Å²) in [4.78, 5) is 12.2. The van der Waals surface area contributed by atoms with Gasteiger partial charge >= 0.3 is 0 Å². The predicted octanol–water partition coefficient (Wildman–Crippen LogP) is 1.67.